The van der Waals surface area contributed by atoms with E-state index in [1.807, 2.05) is 37.3 Å². The molecule has 0 fully saturated rings. The summed E-state index contributed by atoms with van der Waals surface area (Å²) < 4.78 is 7.85. The summed E-state index contributed by atoms with van der Waals surface area (Å²) >= 11 is 0. The van der Waals surface area contributed by atoms with E-state index in [2.05, 4.69) is 39.4 Å². The Balaban J connectivity index is 1.25. The minimum atomic E-state index is -0.455. The van der Waals surface area contributed by atoms with E-state index in [1.165, 1.54) is 18.3 Å². The van der Waals surface area contributed by atoms with Crippen molar-refractivity contribution < 1.29 is 14.1 Å². The fourth-order valence-electron chi connectivity index (χ4n) is 4.02. The summed E-state index contributed by atoms with van der Waals surface area (Å²) in [4.78, 5) is 22.9. The van der Waals surface area contributed by atoms with Crippen LogP contribution >= 0.6 is 0 Å². The van der Waals surface area contributed by atoms with Gasteiger partial charge in [0.05, 0.1) is 16.8 Å². The molecule has 0 radical (unpaired) electrons. The fraction of sp³-hybridized carbons (Fsp3) is 0.0345. The van der Waals surface area contributed by atoms with Crippen LogP contribution in [0.2, 0.25) is 0 Å². The summed E-state index contributed by atoms with van der Waals surface area (Å²) in [5.41, 5.74) is 7.91. The number of hydrazone groups is 1. The summed E-state index contributed by atoms with van der Waals surface area (Å²) in [5, 5.41) is 14.8. The molecule has 8 heteroatoms. The number of nitrogens with zero attached hydrogens (tertiary/aromatic N) is 3. The Bertz CT molecular complexity index is 1580. The van der Waals surface area contributed by atoms with Gasteiger partial charge < -0.3 is 8.98 Å². The van der Waals surface area contributed by atoms with Crippen molar-refractivity contribution in [2.24, 2.45) is 5.10 Å². The van der Waals surface area contributed by atoms with E-state index in [0.29, 0.717) is 22.6 Å². The third-order valence-corrected chi connectivity index (χ3v) is 5.88. The van der Waals surface area contributed by atoms with Gasteiger partial charge in [-0.3, -0.25) is 14.9 Å². The van der Waals surface area contributed by atoms with E-state index in [9.17, 15) is 14.9 Å². The lowest BCUT2D eigenvalue weighted by Gasteiger charge is -2.12. The van der Waals surface area contributed by atoms with Gasteiger partial charge in [0.2, 0.25) is 0 Å². The van der Waals surface area contributed by atoms with Gasteiger partial charge in [0, 0.05) is 34.6 Å². The van der Waals surface area contributed by atoms with Gasteiger partial charge in [-0.1, -0.05) is 30.3 Å². The Hall–Kier alpha value is -5.24. The maximum atomic E-state index is 12.6. The first-order valence-corrected chi connectivity index (χ1v) is 11.5. The number of non-ortho nitro benzene ring substituents is 1. The van der Waals surface area contributed by atoms with E-state index < -0.39 is 4.92 Å². The zero-order valence-corrected chi connectivity index (χ0v) is 19.9. The van der Waals surface area contributed by atoms with Crippen molar-refractivity contribution in [3.05, 3.63) is 130 Å². The number of nitro groups is 1. The number of rotatable bonds is 7. The standard InChI is InChI=1S/C29H22N4O4/c1-20-7-17-27(21-5-3-2-4-6-21)32(20)24-12-10-23(11-13-24)29(34)31-30-19-26-16-18-28(37-26)22-8-14-25(15-9-22)33(35)36/h2-19H,1H3,(H,31,34)/b30-19-. The molecule has 0 spiro atoms. The quantitative estimate of drug-likeness (QED) is 0.162. The highest BCUT2D eigenvalue weighted by molar-refractivity contribution is 5.95. The molecule has 3 aromatic carbocycles. The molecular weight excluding hydrogens is 468 g/mol. The average Bonchev–Trinajstić information content (AvgIpc) is 3.56. The summed E-state index contributed by atoms with van der Waals surface area (Å²) in [6.07, 6.45) is 1.40. The van der Waals surface area contributed by atoms with Crippen LogP contribution in [0.5, 0.6) is 0 Å². The normalized spacial score (nSPS) is 11.1. The SMILES string of the molecule is Cc1ccc(-c2ccccc2)n1-c1ccc(C(=O)N/N=C\c2ccc(-c3ccc([N+](=O)[O-])cc3)o2)cc1. The Kier molecular flexibility index (Phi) is 6.46. The highest BCUT2D eigenvalue weighted by atomic mass is 16.6. The lowest BCUT2D eigenvalue weighted by molar-refractivity contribution is -0.384. The van der Waals surface area contributed by atoms with Crippen LogP contribution in [-0.4, -0.2) is 21.6 Å². The van der Waals surface area contributed by atoms with Crippen LogP contribution < -0.4 is 5.43 Å². The fourth-order valence-corrected chi connectivity index (χ4v) is 4.02. The van der Waals surface area contributed by atoms with Crippen LogP contribution in [-0.2, 0) is 0 Å². The van der Waals surface area contributed by atoms with Gasteiger partial charge in [-0.05, 0) is 73.2 Å². The topological polar surface area (TPSA) is 103 Å². The van der Waals surface area contributed by atoms with Crippen molar-refractivity contribution in [2.45, 2.75) is 6.92 Å². The van der Waals surface area contributed by atoms with Crippen LogP contribution in [0, 0.1) is 17.0 Å². The van der Waals surface area contributed by atoms with Crippen LogP contribution in [0.3, 0.4) is 0 Å². The molecule has 0 aliphatic carbocycles. The number of hydrogen-bond acceptors (Lipinski definition) is 5. The predicted octanol–water partition coefficient (Wildman–Crippen LogP) is 6.38. The summed E-state index contributed by atoms with van der Waals surface area (Å²) in [7, 11) is 0. The van der Waals surface area contributed by atoms with E-state index >= 15 is 0 Å². The molecule has 8 nitrogen and oxygen atoms in total. The van der Waals surface area contributed by atoms with Crippen LogP contribution in [0.25, 0.3) is 28.3 Å². The predicted molar refractivity (Wildman–Crippen MR) is 142 cm³/mol. The van der Waals surface area contributed by atoms with Crippen molar-refractivity contribution in [3.8, 4) is 28.3 Å². The first-order chi connectivity index (χ1) is 18.0. The highest BCUT2D eigenvalue weighted by Gasteiger charge is 2.11. The Morgan fingerprint density at radius 1 is 0.892 bits per heavy atom. The molecule has 2 heterocycles. The zero-order chi connectivity index (χ0) is 25.8. The largest absolute Gasteiger partial charge is 0.455 e. The lowest BCUT2D eigenvalue weighted by atomic mass is 10.1. The first-order valence-electron chi connectivity index (χ1n) is 11.5. The summed E-state index contributed by atoms with van der Waals surface area (Å²) in [5.74, 6) is 0.617. The second-order valence-electron chi connectivity index (χ2n) is 8.31. The molecule has 37 heavy (non-hydrogen) atoms. The number of nitro benzene ring substituents is 1. The van der Waals surface area contributed by atoms with Crippen molar-refractivity contribution in [1.29, 1.82) is 0 Å². The van der Waals surface area contributed by atoms with Crippen LogP contribution in [0.4, 0.5) is 5.69 Å². The molecule has 0 unspecified atom stereocenters. The van der Waals surface area contributed by atoms with Crippen LogP contribution in [0.15, 0.2) is 113 Å². The number of aromatic nitrogens is 1. The molecule has 182 valence electrons. The molecule has 5 aromatic rings. The number of nitrogens with one attached hydrogen (secondary N) is 1. The summed E-state index contributed by atoms with van der Waals surface area (Å²) in [6.45, 7) is 2.05. The number of hydrogen-bond donors (Lipinski definition) is 1. The summed E-state index contributed by atoms with van der Waals surface area (Å²) in [6, 6.07) is 31.1. The van der Waals surface area contributed by atoms with Gasteiger partial charge >= 0.3 is 0 Å². The smallest absolute Gasteiger partial charge is 0.271 e. The van der Waals surface area contributed by atoms with Gasteiger partial charge in [-0.2, -0.15) is 5.10 Å². The molecule has 0 aliphatic rings. The third-order valence-electron chi connectivity index (χ3n) is 5.88. The van der Waals surface area contributed by atoms with Gasteiger partial charge in [0.1, 0.15) is 11.5 Å². The van der Waals surface area contributed by atoms with Crippen molar-refractivity contribution in [3.63, 3.8) is 0 Å². The number of carbonyl (C=O) groups excluding carboxylic acids is 1. The molecule has 0 aliphatic heterocycles. The van der Waals surface area contributed by atoms with Crippen molar-refractivity contribution >= 4 is 17.8 Å². The molecule has 2 aromatic heterocycles. The molecule has 1 amide bonds. The van der Waals surface area contributed by atoms with Crippen molar-refractivity contribution in [2.75, 3.05) is 0 Å². The molecule has 1 N–H and O–H groups in total. The minimum Gasteiger partial charge on any atom is -0.455 e. The maximum absolute atomic E-state index is 12.6. The number of aryl methyl sites for hydroxylation is 1. The maximum Gasteiger partial charge on any atom is 0.271 e. The molecule has 0 atom stereocenters. The molecule has 0 saturated carbocycles. The first kappa shape index (κ1) is 23.5. The van der Waals surface area contributed by atoms with Crippen LogP contribution in [0.1, 0.15) is 21.8 Å². The molecule has 0 saturated heterocycles. The zero-order valence-electron chi connectivity index (χ0n) is 19.9. The second-order valence-corrected chi connectivity index (χ2v) is 8.31. The third kappa shape index (κ3) is 5.08. The van der Waals surface area contributed by atoms with E-state index in [0.717, 1.165) is 22.6 Å². The molecule has 5 rings (SSSR count). The van der Waals surface area contributed by atoms with Crippen molar-refractivity contribution in [1.82, 2.24) is 9.99 Å². The number of benzene rings is 3. The van der Waals surface area contributed by atoms with E-state index in [4.69, 9.17) is 4.42 Å². The van der Waals surface area contributed by atoms with Gasteiger partial charge in [-0.25, -0.2) is 5.43 Å². The van der Waals surface area contributed by atoms with E-state index in [1.54, 1.807) is 36.4 Å². The Morgan fingerprint density at radius 2 is 1.62 bits per heavy atom. The van der Waals surface area contributed by atoms with Gasteiger partial charge in [-0.15, -0.1) is 0 Å². The second kappa shape index (κ2) is 10.2. The number of carbonyl (C=O) groups is 1. The van der Waals surface area contributed by atoms with E-state index in [-0.39, 0.29) is 11.6 Å². The minimum absolute atomic E-state index is 0.00738. The lowest BCUT2D eigenvalue weighted by Crippen LogP contribution is -2.17. The molecular formula is C29H22N4O4. The Morgan fingerprint density at radius 3 is 2.32 bits per heavy atom. The van der Waals surface area contributed by atoms with Gasteiger partial charge in [0.15, 0.2) is 0 Å². The highest BCUT2D eigenvalue weighted by Crippen LogP contribution is 2.27. The number of amides is 1. The van der Waals surface area contributed by atoms with Gasteiger partial charge in [0.25, 0.3) is 11.6 Å². The monoisotopic (exact) mass is 490 g/mol. The average molecular weight is 491 g/mol. The molecule has 0 bridgehead atoms. The number of furan rings is 1. The Labute approximate surface area is 212 Å².